The van der Waals surface area contributed by atoms with E-state index in [1.54, 1.807) is 25.6 Å². The van der Waals surface area contributed by atoms with Crippen LogP contribution in [0.25, 0.3) is 11.2 Å². The van der Waals surface area contributed by atoms with E-state index in [0.29, 0.717) is 22.6 Å². The van der Waals surface area contributed by atoms with Gasteiger partial charge in [0.2, 0.25) is 0 Å². The van der Waals surface area contributed by atoms with Gasteiger partial charge in [-0.15, -0.1) is 11.3 Å². The first-order chi connectivity index (χ1) is 11.3. The maximum atomic E-state index is 12.6. The highest BCUT2D eigenvalue weighted by atomic mass is 32.1. The van der Waals surface area contributed by atoms with E-state index < -0.39 is 6.10 Å². The minimum atomic E-state index is -0.621. The molecule has 0 aliphatic rings. The van der Waals surface area contributed by atoms with Crippen molar-refractivity contribution in [1.29, 1.82) is 0 Å². The average Bonchev–Trinajstić information content (AvgIpc) is 3.09. The number of imidazole rings is 1. The third-order valence-electron chi connectivity index (χ3n) is 4.03. The van der Waals surface area contributed by atoms with Crippen LogP contribution in [0.4, 0.5) is 0 Å². The van der Waals surface area contributed by atoms with Crippen LogP contribution in [0.15, 0.2) is 15.9 Å². The van der Waals surface area contributed by atoms with Gasteiger partial charge in [0.15, 0.2) is 11.2 Å². The lowest BCUT2D eigenvalue weighted by molar-refractivity contribution is 0.198. The molecule has 0 radical (unpaired) electrons. The van der Waals surface area contributed by atoms with Gasteiger partial charge in [-0.3, -0.25) is 13.9 Å². The number of aliphatic hydroxyl groups excluding tert-OH is 1. The van der Waals surface area contributed by atoms with Crippen LogP contribution in [0.1, 0.15) is 28.6 Å². The van der Waals surface area contributed by atoms with Crippen molar-refractivity contribution in [3.05, 3.63) is 42.7 Å². The minimum absolute atomic E-state index is 0.259. The Morgan fingerprint density at radius 2 is 2.04 bits per heavy atom. The van der Waals surface area contributed by atoms with Crippen molar-refractivity contribution in [3.63, 3.8) is 0 Å². The molecule has 0 spiro atoms. The summed E-state index contributed by atoms with van der Waals surface area (Å²) in [4.78, 5) is 34.5. The smallest absolute Gasteiger partial charge is 0.332 e. The van der Waals surface area contributed by atoms with Gasteiger partial charge in [0.05, 0.1) is 12.0 Å². The predicted octanol–water partition coefficient (Wildman–Crippen LogP) is 0.495. The van der Waals surface area contributed by atoms with Crippen molar-refractivity contribution < 1.29 is 5.11 Å². The number of nitrogens with zero attached hydrogens (tertiary/aromatic N) is 5. The largest absolute Gasteiger partial charge is 0.386 e. The van der Waals surface area contributed by atoms with E-state index in [0.717, 1.165) is 10.6 Å². The normalized spacial score (nSPS) is 12.9. The monoisotopic (exact) mass is 349 g/mol. The summed E-state index contributed by atoms with van der Waals surface area (Å²) in [6.45, 7) is 3.79. The zero-order valence-electron chi connectivity index (χ0n) is 14.0. The Morgan fingerprint density at radius 3 is 2.67 bits per heavy atom. The molecule has 24 heavy (non-hydrogen) atoms. The molecular formula is C15H19N5O3S. The van der Waals surface area contributed by atoms with Crippen LogP contribution < -0.4 is 11.2 Å². The topological polar surface area (TPSA) is 94.9 Å². The van der Waals surface area contributed by atoms with Crippen LogP contribution in [0.5, 0.6) is 0 Å². The Labute approximate surface area is 141 Å². The first-order valence-corrected chi connectivity index (χ1v) is 8.38. The number of hydrogen-bond donors (Lipinski definition) is 1. The maximum Gasteiger partial charge on any atom is 0.332 e. The van der Waals surface area contributed by atoms with Crippen LogP contribution in [0, 0.1) is 6.92 Å². The van der Waals surface area contributed by atoms with Gasteiger partial charge in [-0.1, -0.05) is 0 Å². The molecule has 1 atom stereocenters. The van der Waals surface area contributed by atoms with E-state index in [2.05, 4.69) is 9.97 Å². The van der Waals surface area contributed by atoms with Crippen LogP contribution in [0.3, 0.4) is 0 Å². The van der Waals surface area contributed by atoms with Crippen molar-refractivity contribution in [2.75, 3.05) is 0 Å². The summed E-state index contributed by atoms with van der Waals surface area (Å²) >= 11 is 1.41. The molecule has 3 aromatic heterocycles. The second kappa shape index (κ2) is 5.99. The second-order valence-corrected chi connectivity index (χ2v) is 6.93. The number of thiazole rings is 1. The fraction of sp³-hybridized carbons (Fsp3) is 0.467. The maximum absolute atomic E-state index is 12.6. The Morgan fingerprint density at radius 1 is 1.33 bits per heavy atom. The minimum Gasteiger partial charge on any atom is -0.386 e. The lowest BCUT2D eigenvalue weighted by Crippen LogP contribution is -2.40. The van der Waals surface area contributed by atoms with Gasteiger partial charge in [-0.05, 0) is 13.8 Å². The number of aryl methyl sites for hydroxylation is 4. The van der Waals surface area contributed by atoms with Gasteiger partial charge in [0.25, 0.3) is 5.56 Å². The van der Waals surface area contributed by atoms with E-state index in [-0.39, 0.29) is 17.8 Å². The summed E-state index contributed by atoms with van der Waals surface area (Å²) in [5.74, 6) is 0. The number of aliphatic hydroxyl groups is 1. The zero-order chi connectivity index (χ0) is 17.6. The fourth-order valence-electron chi connectivity index (χ4n) is 2.67. The summed E-state index contributed by atoms with van der Waals surface area (Å²) in [6.07, 6.45) is 1.41. The van der Waals surface area contributed by atoms with Crippen LogP contribution in [0.2, 0.25) is 0 Å². The van der Waals surface area contributed by atoms with Gasteiger partial charge in [0, 0.05) is 31.9 Å². The molecule has 9 heteroatoms. The molecular weight excluding hydrogens is 330 g/mol. The number of rotatable bonds is 4. The molecule has 0 aliphatic carbocycles. The molecule has 1 unspecified atom stereocenters. The van der Waals surface area contributed by atoms with Gasteiger partial charge in [0.1, 0.15) is 11.1 Å². The zero-order valence-corrected chi connectivity index (χ0v) is 14.8. The van der Waals surface area contributed by atoms with Crippen molar-refractivity contribution in [2.24, 2.45) is 14.1 Å². The Balaban J connectivity index is 2.01. The first-order valence-electron chi connectivity index (χ1n) is 7.56. The van der Waals surface area contributed by atoms with Gasteiger partial charge in [-0.2, -0.15) is 0 Å². The summed E-state index contributed by atoms with van der Waals surface area (Å²) in [5, 5.41) is 10.3. The third kappa shape index (κ3) is 2.59. The highest BCUT2D eigenvalue weighted by Crippen LogP contribution is 2.23. The van der Waals surface area contributed by atoms with E-state index in [1.165, 1.54) is 26.8 Å². The fourth-order valence-corrected chi connectivity index (χ4v) is 3.66. The molecule has 0 amide bonds. The molecule has 128 valence electrons. The van der Waals surface area contributed by atoms with Crippen molar-refractivity contribution in [2.45, 2.75) is 32.9 Å². The summed E-state index contributed by atoms with van der Waals surface area (Å²) in [5.41, 5.74) is 0.884. The molecule has 8 nitrogen and oxygen atoms in total. The van der Waals surface area contributed by atoms with Gasteiger partial charge < -0.3 is 9.67 Å². The van der Waals surface area contributed by atoms with E-state index in [9.17, 15) is 14.7 Å². The molecule has 3 aromatic rings. The molecule has 0 fully saturated rings. The van der Waals surface area contributed by atoms with Gasteiger partial charge >= 0.3 is 5.69 Å². The van der Waals surface area contributed by atoms with Crippen molar-refractivity contribution >= 4 is 22.5 Å². The molecule has 0 aliphatic heterocycles. The molecule has 0 saturated heterocycles. The summed E-state index contributed by atoms with van der Waals surface area (Å²) in [7, 11) is 3.34. The van der Waals surface area contributed by atoms with E-state index in [1.807, 2.05) is 6.92 Å². The van der Waals surface area contributed by atoms with Crippen molar-refractivity contribution in [3.8, 4) is 0 Å². The molecule has 3 heterocycles. The first kappa shape index (κ1) is 16.6. The lowest BCUT2D eigenvalue weighted by atomic mass is 10.3. The number of fused-ring (bicyclic) bond motifs is 1. The second-order valence-electron chi connectivity index (χ2n) is 5.81. The molecule has 1 N–H and O–H groups in total. The highest BCUT2D eigenvalue weighted by molar-refractivity contribution is 7.11. The lowest BCUT2D eigenvalue weighted by Gasteiger charge is -2.08. The van der Waals surface area contributed by atoms with Crippen LogP contribution >= 0.6 is 11.3 Å². The van der Waals surface area contributed by atoms with E-state index in [4.69, 9.17) is 0 Å². The predicted molar refractivity (Wildman–Crippen MR) is 91.4 cm³/mol. The number of hydrogen-bond acceptors (Lipinski definition) is 6. The van der Waals surface area contributed by atoms with E-state index >= 15 is 0 Å². The third-order valence-corrected chi connectivity index (χ3v) is 5.42. The van der Waals surface area contributed by atoms with Crippen LogP contribution in [-0.4, -0.2) is 28.8 Å². The Bertz CT molecular complexity index is 1020. The SMILES string of the molecule is Cc1nc(C(C)O)sc1CCn1c(=O)c2c(ncn2C)n(C)c1=O. The van der Waals surface area contributed by atoms with Crippen LogP contribution in [-0.2, 0) is 27.1 Å². The summed E-state index contributed by atoms with van der Waals surface area (Å²) < 4.78 is 4.24. The molecule has 0 bridgehead atoms. The molecule has 0 aromatic carbocycles. The molecule has 0 saturated carbocycles. The quantitative estimate of drug-likeness (QED) is 0.740. The summed E-state index contributed by atoms with van der Waals surface area (Å²) in [6, 6.07) is 0. The highest BCUT2D eigenvalue weighted by Gasteiger charge is 2.16. The standard InChI is InChI=1S/C15H19N5O3S/c1-8-10(24-13(17-8)9(2)21)5-6-20-14(22)11-12(16-7-18(11)3)19(4)15(20)23/h7,9,21H,5-6H2,1-4H3. The Kier molecular flexibility index (Phi) is 4.14. The number of aromatic nitrogens is 5. The average molecular weight is 349 g/mol. The van der Waals surface area contributed by atoms with Crippen molar-refractivity contribution in [1.82, 2.24) is 23.7 Å². The molecule has 3 rings (SSSR count). The Hall–Kier alpha value is -2.26. The van der Waals surface area contributed by atoms with Gasteiger partial charge in [-0.25, -0.2) is 14.8 Å².